The number of ether oxygens (including phenoxy) is 1. The molecule has 4 rings (SSSR count). The fraction of sp³-hybridized carbons (Fsp3) is 0.304. The Bertz CT molecular complexity index is 1020. The number of likely N-dealkylation sites (tertiary alicyclic amines) is 1. The molecule has 1 amide bonds. The van der Waals surface area contributed by atoms with E-state index in [0.717, 1.165) is 30.2 Å². The van der Waals surface area contributed by atoms with Gasteiger partial charge in [-0.2, -0.15) is 0 Å². The lowest BCUT2D eigenvalue weighted by Gasteiger charge is -2.25. The van der Waals surface area contributed by atoms with E-state index < -0.39 is 11.7 Å². The number of carbonyl (C=O) groups is 2. The molecule has 0 unspecified atom stereocenters. The van der Waals surface area contributed by atoms with Crippen molar-refractivity contribution in [2.45, 2.75) is 25.8 Å². The van der Waals surface area contributed by atoms with E-state index in [1.165, 1.54) is 12.1 Å². The summed E-state index contributed by atoms with van der Waals surface area (Å²) in [6.07, 6.45) is 4.73. The number of nitrogens with zero attached hydrogens (tertiary/aromatic N) is 2. The smallest absolute Gasteiger partial charge is 0.295 e. The molecule has 6 heteroatoms. The molecule has 1 aliphatic heterocycles. The van der Waals surface area contributed by atoms with Gasteiger partial charge in [0.25, 0.3) is 11.7 Å². The van der Waals surface area contributed by atoms with E-state index in [9.17, 15) is 14.0 Å². The molecule has 5 nitrogen and oxygen atoms in total. The zero-order valence-corrected chi connectivity index (χ0v) is 16.1. The van der Waals surface area contributed by atoms with Crippen molar-refractivity contribution in [2.75, 3.05) is 19.7 Å². The van der Waals surface area contributed by atoms with Gasteiger partial charge in [0.05, 0.1) is 12.1 Å². The predicted octanol–water partition coefficient (Wildman–Crippen LogP) is 4.05. The van der Waals surface area contributed by atoms with Gasteiger partial charge in [0.15, 0.2) is 0 Å². The SMILES string of the molecule is O=C(C(=O)N1CCCCC1)c1cn(CCOc2ccc(F)cc2)c2ccccc12. The molecule has 1 saturated heterocycles. The Morgan fingerprint density at radius 1 is 0.966 bits per heavy atom. The third kappa shape index (κ3) is 4.16. The van der Waals surface area contributed by atoms with Crippen molar-refractivity contribution >= 4 is 22.6 Å². The van der Waals surface area contributed by atoms with E-state index >= 15 is 0 Å². The number of hydrogen-bond acceptors (Lipinski definition) is 3. The van der Waals surface area contributed by atoms with Gasteiger partial charge in [-0.15, -0.1) is 0 Å². The number of halogens is 1. The molecular weight excluding hydrogens is 371 g/mol. The molecule has 0 bridgehead atoms. The summed E-state index contributed by atoms with van der Waals surface area (Å²) in [5.41, 5.74) is 1.31. The lowest BCUT2D eigenvalue weighted by molar-refractivity contribution is -0.127. The number of amides is 1. The molecule has 0 saturated carbocycles. The molecule has 29 heavy (non-hydrogen) atoms. The second-order valence-corrected chi connectivity index (χ2v) is 7.24. The van der Waals surface area contributed by atoms with Gasteiger partial charge in [-0.1, -0.05) is 18.2 Å². The number of para-hydroxylation sites is 1. The summed E-state index contributed by atoms with van der Waals surface area (Å²) in [4.78, 5) is 27.3. The van der Waals surface area contributed by atoms with Crippen molar-refractivity contribution in [1.82, 2.24) is 9.47 Å². The van der Waals surface area contributed by atoms with Crippen LogP contribution in [0.2, 0.25) is 0 Å². The summed E-state index contributed by atoms with van der Waals surface area (Å²) in [6.45, 7) is 2.16. The minimum atomic E-state index is -0.457. The lowest BCUT2D eigenvalue weighted by atomic mass is 10.1. The van der Waals surface area contributed by atoms with E-state index in [0.29, 0.717) is 37.6 Å². The Morgan fingerprint density at radius 3 is 2.45 bits per heavy atom. The molecular formula is C23H23FN2O3. The first-order chi connectivity index (χ1) is 14.1. The van der Waals surface area contributed by atoms with Gasteiger partial charge < -0.3 is 14.2 Å². The van der Waals surface area contributed by atoms with Gasteiger partial charge in [0.1, 0.15) is 18.2 Å². The zero-order valence-electron chi connectivity index (χ0n) is 16.1. The van der Waals surface area contributed by atoms with Crippen LogP contribution in [-0.4, -0.2) is 40.9 Å². The third-order valence-electron chi connectivity index (χ3n) is 5.29. The molecule has 2 heterocycles. The molecule has 1 aliphatic rings. The van der Waals surface area contributed by atoms with Crippen LogP contribution in [0.4, 0.5) is 4.39 Å². The summed E-state index contributed by atoms with van der Waals surface area (Å²) in [6, 6.07) is 13.4. The normalized spacial score (nSPS) is 14.2. The van der Waals surface area contributed by atoms with E-state index in [2.05, 4.69) is 0 Å². The van der Waals surface area contributed by atoms with Gasteiger partial charge in [0, 0.05) is 30.2 Å². The Hall–Kier alpha value is -3.15. The number of fused-ring (bicyclic) bond motifs is 1. The second-order valence-electron chi connectivity index (χ2n) is 7.24. The van der Waals surface area contributed by atoms with Crippen molar-refractivity contribution in [3.8, 4) is 5.75 Å². The Labute approximate surface area is 168 Å². The number of aromatic nitrogens is 1. The Balaban J connectivity index is 1.52. The lowest BCUT2D eigenvalue weighted by Crippen LogP contribution is -2.40. The molecule has 0 aliphatic carbocycles. The van der Waals surface area contributed by atoms with Crippen molar-refractivity contribution in [3.63, 3.8) is 0 Å². The van der Waals surface area contributed by atoms with Gasteiger partial charge in [-0.3, -0.25) is 9.59 Å². The highest BCUT2D eigenvalue weighted by Gasteiger charge is 2.27. The highest BCUT2D eigenvalue weighted by atomic mass is 19.1. The van der Waals surface area contributed by atoms with Gasteiger partial charge >= 0.3 is 0 Å². The van der Waals surface area contributed by atoms with Crippen LogP contribution in [-0.2, 0) is 11.3 Å². The zero-order chi connectivity index (χ0) is 20.2. The van der Waals surface area contributed by atoms with Gasteiger partial charge in [-0.25, -0.2) is 4.39 Å². The Morgan fingerprint density at radius 2 is 1.69 bits per heavy atom. The Kier molecular flexibility index (Phi) is 5.60. The van der Waals surface area contributed by atoms with E-state index in [-0.39, 0.29) is 5.82 Å². The maximum atomic E-state index is 13.0. The van der Waals surface area contributed by atoms with Crippen molar-refractivity contribution < 1.29 is 18.7 Å². The number of carbonyl (C=O) groups excluding carboxylic acids is 2. The molecule has 0 radical (unpaired) electrons. The number of benzene rings is 2. The number of piperidine rings is 1. The number of Topliss-reactive ketones (excluding diaryl/α,β-unsaturated/α-hetero) is 1. The minimum absolute atomic E-state index is 0.310. The summed E-state index contributed by atoms with van der Waals surface area (Å²) < 4.78 is 20.6. The first-order valence-corrected chi connectivity index (χ1v) is 9.93. The number of ketones is 1. The summed E-state index contributed by atoms with van der Waals surface area (Å²) in [7, 11) is 0. The molecule has 3 aromatic rings. The quantitative estimate of drug-likeness (QED) is 0.468. The fourth-order valence-electron chi connectivity index (χ4n) is 3.76. The highest BCUT2D eigenvalue weighted by molar-refractivity contribution is 6.44. The molecule has 2 aromatic carbocycles. The topological polar surface area (TPSA) is 51.5 Å². The van der Waals surface area contributed by atoms with Crippen LogP contribution >= 0.6 is 0 Å². The van der Waals surface area contributed by atoms with E-state index in [1.54, 1.807) is 23.2 Å². The van der Waals surface area contributed by atoms with Crippen LogP contribution in [0.25, 0.3) is 10.9 Å². The predicted molar refractivity (Wildman–Crippen MR) is 109 cm³/mol. The molecule has 150 valence electrons. The molecule has 0 spiro atoms. The van der Waals surface area contributed by atoms with Crippen molar-refractivity contribution in [2.24, 2.45) is 0 Å². The molecule has 0 atom stereocenters. The van der Waals surface area contributed by atoms with Crippen molar-refractivity contribution in [1.29, 1.82) is 0 Å². The molecule has 1 fully saturated rings. The maximum Gasteiger partial charge on any atom is 0.295 e. The fourth-order valence-corrected chi connectivity index (χ4v) is 3.76. The third-order valence-corrected chi connectivity index (χ3v) is 5.29. The van der Waals surface area contributed by atoms with Crippen LogP contribution in [0, 0.1) is 5.82 Å². The van der Waals surface area contributed by atoms with Crippen molar-refractivity contribution in [3.05, 3.63) is 66.1 Å². The average Bonchev–Trinajstić information content (AvgIpc) is 3.13. The van der Waals surface area contributed by atoms with Crippen LogP contribution in [0.15, 0.2) is 54.7 Å². The second kappa shape index (κ2) is 8.47. The molecule has 1 aromatic heterocycles. The van der Waals surface area contributed by atoms with Gasteiger partial charge in [-0.05, 0) is 49.6 Å². The average molecular weight is 394 g/mol. The van der Waals surface area contributed by atoms with Crippen LogP contribution in [0.1, 0.15) is 29.6 Å². The molecule has 0 N–H and O–H groups in total. The summed E-state index contributed by atoms with van der Waals surface area (Å²) in [5.74, 6) is -0.605. The van der Waals surface area contributed by atoms with E-state index in [1.807, 2.05) is 28.8 Å². The van der Waals surface area contributed by atoms with Gasteiger partial charge in [0.2, 0.25) is 0 Å². The first kappa shape index (κ1) is 19.2. The van der Waals surface area contributed by atoms with E-state index in [4.69, 9.17) is 4.74 Å². The minimum Gasteiger partial charge on any atom is -0.492 e. The van der Waals surface area contributed by atoms with Crippen LogP contribution in [0.5, 0.6) is 5.75 Å². The largest absolute Gasteiger partial charge is 0.492 e. The maximum absolute atomic E-state index is 13.0. The monoisotopic (exact) mass is 394 g/mol. The summed E-state index contributed by atoms with van der Waals surface area (Å²) in [5, 5.41) is 0.768. The number of hydrogen-bond donors (Lipinski definition) is 0. The standard InChI is InChI=1S/C23H23FN2O3/c24-17-8-10-18(11-9-17)29-15-14-26-16-20(19-6-2-3-7-21(19)26)22(27)23(28)25-12-4-1-5-13-25/h2-3,6-11,16H,1,4-5,12-15H2. The first-order valence-electron chi connectivity index (χ1n) is 9.93. The van der Waals surface area contributed by atoms with Crippen LogP contribution < -0.4 is 4.74 Å². The van der Waals surface area contributed by atoms with Crippen LogP contribution in [0.3, 0.4) is 0 Å². The summed E-state index contributed by atoms with van der Waals surface area (Å²) >= 11 is 0. The number of rotatable bonds is 6. The highest BCUT2D eigenvalue weighted by Crippen LogP contribution is 2.23.